The van der Waals surface area contributed by atoms with Crippen molar-refractivity contribution in [2.75, 3.05) is 18.0 Å². The van der Waals surface area contributed by atoms with E-state index in [-0.39, 0.29) is 24.0 Å². The molecule has 0 spiro atoms. The number of aliphatic hydroxyl groups is 2. The first-order valence-electron chi connectivity index (χ1n) is 5.03. The van der Waals surface area contributed by atoms with Gasteiger partial charge in [-0.25, -0.2) is 4.98 Å². The van der Waals surface area contributed by atoms with Gasteiger partial charge < -0.3 is 27.0 Å². The summed E-state index contributed by atoms with van der Waals surface area (Å²) in [5.74, 6) is -0.122. The third-order valence-electron chi connectivity index (χ3n) is 2.24. The molecule has 2 unspecified atom stereocenters. The zero-order valence-corrected chi connectivity index (χ0v) is 9.42. The van der Waals surface area contributed by atoms with Crippen LogP contribution >= 0.6 is 0 Å². The van der Waals surface area contributed by atoms with Crippen molar-refractivity contribution >= 4 is 17.4 Å². The van der Waals surface area contributed by atoms with Crippen molar-refractivity contribution < 1.29 is 15.0 Å². The fourth-order valence-electron chi connectivity index (χ4n) is 1.25. The van der Waals surface area contributed by atoms with Crippen LogP contribution in [-0.4, -0.2) is 33.8 Å². The number of aromatic nitrogens is 1. The maximum atomic E-state index is 10.7. The van der Waals surface area contributed by atoms with E-state index in [1.807, 2.05) is 0 Å². The fourth-order valence-corrected chi connectivity index (χ4v) is 1.25. The van der Waals surface area contributed by atoms with E-state index in [1.165, 1.54) is 19.2 Å². The second-order valence-electron chi connectivity index (χ2n) is 3.69. The second-order valence-corrected chi connectivity index (χ2v) is 3.69. The highest BCUT2D eigenvalue weighted by Crippen LogP contribution is 2.20. The number of hydrogen-bond donors (Lipinski definition) is 5. The third-order valence-corrected chi connectivity index (χ3v) is 2.24. The van der Waals surface area contributed by atoms with E-state index in [0.717, 1.165) is 0 Å². The quantitative estimate of drug-likeness (QED) is 0.447. The van der Waals surface area contributed by atoms with E-state index >= 15 is 0 Å². The number of carbonyl (C=O) groups is 1. The average Bonchev–Trinajstić information content (AvgIpc) is 2.28. The second kappa shape index (κ2) is 5.46. The van der Waals surface area contributed by atoms with Gasteiger partial charge in [0.15, 0.2) is 0 Å². The molecule has 7 heteroatoms. The number of hydrogen-bond acceptors (Lipinski definition) is 6. The van der Waals surface area contributed by atoms with Gasteiger partial charge in [-0.3, -0.25) is 4.79 Å². The number of amides is 1. The molecule has 1 amide bonds. The number of nitrogens with zero attached hydrogens (tertiary/aromatic N) is 1. The van der Waals surface area contributed by atoms with Crippen molar-refractivity contribution in [2.45, 2.75) is 19.1 Å². The van der Waals surface area contributed by atoms with Gasteiger partial charge in [-0.05, 0) is 6.07 Å². The van der Waals surface area contributed by atoms with Crippen LogP contribution in [0, 0.1) is 0 Å². The van der Waals surface area contributed by atoms with Crippen molar-refractivity contribution in [1.29, 1.82) is 0 Å². The van der Waals surface area contributed by atoms with Gasteiger partial charge >= 0.3 is 0 Å². The smallest absolute Gasteiger partial charge is 0.216 e. The van der Waals surface area contributed by atoms with E-state index in [1.54, 1.807) is 0 Å². The normalized spacial score (nSPS) is 14.1. The van der Waals surface area contributed by atoms with Crippen molar-refractivity contribution in [3.05, 3.63) is 17.8 Å². The molecule has 1 aromatic rings. The monoisotopic (exact) mass is 240 g/mol. The Hall–Kier alpha value is -1.86. The summed E-state index contributed by atoms with van der Waals surface area (Å²) >= 11 is 0. The zero-order chi connectivity index (χ0) is 13.0. The maximum Gasteiger partial charge on any atom is 0.216 e. The lowest BCUT2D eigenvalue weighted by atomic mass is 10.1. The number of nitrogen functional groups attached to an aromatic ring is 2. The van der Waals surface area contributed by atoms with Crippen molar-refractivity contribution in [2.24, 2.45) is 0 Å². The van der Waals surface area contributed by atoms with Crippen LogP contribution in [0.15, 0.2) is 12.3 Å². The van der Waals surface area contributed by atoms with Crippen molar-refractivity contribution in [1.82, 2.24) is 10.3 Å². The predicted octanol–water partition coefficient (Wildman–Crippen LogP) is -1.22. The van der Waals surface area contributed by atoms with E-state index in [4.69, 9.17) is 11.5 Å². The summed E-state index contributed by atoms with van der Waals surface area (Å²) in [7, 11) is 0. The fraction of sp³-hybridized carbons (Fsp3) is 0.400. The molecular formula is C10H16N4O3. The molecule has 0 saturated heterocycles. The molecule has 0 aliphatic carbocycles. The highest BCUT2D eigenvalue weighted by Gasteiger charge is 2.19. The highest BCUT2D eigenvalue weighted by atomic mass is 16.3. The molecule has 0 saturated carbocycles. The molecule has 1 rings (SSSR count). The summed E-state index contributed by atoms with van der Waals surface area (Å²) in [6.45, 7) is 1.27. The van der Waals surface area contributed by atoms with Gasteiger partial charge in [0.2, 0.25) is 5.91 Å². The first-order valence-corrected chi connectivity index (χ1v) is 5.03. The lowest BCUT2D eigenvalue weighted by Crippen LogP contribution is -2.34. The Kier molecular flexibility index (Phi) is 4.24. The average molecular weight is 240 g/mol. The van der Waals surface area contributed by atoms with Gasteiger partial charge in [-0.2, -0.15) is 0 Å². The molecule has 0 aliphatic rings. The molecule has 17 heavy (non-hydrogen) atoms. The van der Waals surface area contributed by atoms with Crippen LogP contribution < -0.4 is 16.8 Å². The first-order chi connectivity index (χ1) is 7.91. The van der Waals surface area contributed by atoms with Crippen LogP contribution in [-0.2, 0) is 4.79 Å². The number of nitrogens with two attached hydrogens (primary N) is 2. The Morgan fingerprint density at radius 2 is 2.18 bits per heavy atom. The summed E-state index contributed by atoms with van der Waals surface area (Å²) in [6.07, 6.45) is -0.992. The number of carbonyl (C=O) groups excluding carboxylic acids is 1. The SMILES string of the molecule is CC(=O)NCC(O)C(O)c1cnc(N)c(N)c1. The molecule has 0 radical (unpaired) electrons. The topological polar surface area (TPSA) is 134 Å². The Bertz CT molecular complexity index is 411. The number of rotatable bonds is 4. The minimum Gasteiger partial charge on any atom is -0.396 e. The molecule has 0 aromatic carbocycles. The molecule has 7 N–H and O–H groups in total. The van der Waals surface area contributed by atoms with Crippen LogP contribution in [0.1, 0.15) is 18.6 Å². The molecule has 7 nitrogen and oxygen atoms in total. The Morgan fingerprint density at radius 3 is 2.71 bits per heavy atom. The number of anilines is 2. The Labute approximate surface area is 98.5 Å². The number of nitrogens with one attached hydrogen (secondary N) is 1. The molecule has 0 aliphatic heterocycles. The third kappa shape index (κ3) is 3.58. The Morgan fingerprint density at radius 1 is 1.53 bits per heavy atom. The number of aliphatic hydroxyl groups excluding tert-OH is 2. The molecule has 1 aromatic heterocycles. The van der Waals surface area contributed by atoms with Gasteiger partial charge in [0.25, 0.3) is 0 Å². The molecule has 2 atom stereocenters. The van der Waals surface area contributed by atoms with Gasteiger partial charge in [-0.1, -0.05) is 0 Å². The minimum absolute atomic E-state index is 0.0548. The van der Waals surface area contributed by atoms with Gasteiger partial charge in [0, 0.05) is 25.2 Å². The summed E-state index contributed by atoms with van der Waals surface area (Å²) in [4.78, 5) is 14.4. The number of pyridine rings is 1. The van der Waals surface area contributed by atoms with Crippen LogP contribution in [0.4, 0.5) is 11.5 Å². The zero-order valence-electron chi connectivity index (χ0n) is 9.42. The van der Waals surface area contributed by atoms with Gasteiger partial charge in [-0.15, -0.1) is 0 Å². The van der Waals surface area contributed by atoms with E-state index < -0.39 is 12.2 Å². The van der Waals surface area contributed by atoms with Crippen molar-refractivity contribution in [3.63, 3.8) is 0 Å². The molecule has 1 heterocycles. The summed E-state index contributed by atoms with van der Waals surface area (Å²) in [5.41, 5.74) is 11.5. The molecule has 94 valence electrons. The van der Waals surface area contributed by atoms with Crippen LogP contribution in [0.25, 0.3) is 0 Å². The molecular weight excluding hydrogens is 224 g/mol. The summed E-state index contributed by atoms with van der Waals surface area (Å²) < 4.78 is 0. The van der Waals surface area contributed by atoms with Gasteiger partial charge in [0.05, 0.1) is 5.69 Å². The predicted molar refractivity (Wildman–Crippen MR) is 62.7 cm³/mol. The maximum absolute atomic E-state index is 10.7. The van der Waals surface area contributed by atoms with Crippen molar-refractivity contribution in [3.8, 4) is 0 Å². The minimum atomic E-state index is -1.18. The summed E-state index contributed by atoms with van der Waals surface area (Å²) in [6, 6.07) is 1.43. The van der Waals surface area contributed by atoms with Crippen LogP contribution in [0.2, 0.25) is 0 Å². The highest BCUT2D eigenvalue weighted by molar-refractivity contribution is 5.72. The lowest BCUT2D eigenvalue weighted by Gasteiger charge is -2.18. The molecule has 0 bridgehead atoms. The van der Waals surface area contributed by atoms with E-state index in [2.05, 4.69) is 10.3 Å². The Balaban J connectivity index is 2.70. The van der Waals surface area contributed by atoms with Gasteiger partial charge in [0.1, 0.15) is 18.0 Å². The summed E-state index contributed by atoms with van der Waals surface area (Å²) in [5, 5.41) is 21.8. The van der Waals surface area contributed by atoms with Crippen LogP contribution in [0.3, 0.4) is 0 Å². The van der Waals surface area contributed by atoms with E-state index in [0.29, 0.717) is 5.56 Å². The molecule has 0 fully saturated rings. The lowest BCUT2D eigenvalue weighted by molar-refractivity contribution is -0.119. The van der Waals surface area contributed by atoms with E-state index in [9.17, 15) is 15.0 Å². The largest absolute Gasteiger partial charge is 0.396 e. The standard InChI is InChI=1S/C10H16N4O3/c1-5(15)13-4-8(16)9(17)6-2-7(11)10(12)14-3-6/h2-3,8-9,16-17H,4,11H2,1H3,(H2,12,14)(H,13,15). The first kappa shape index (κ1) is 13.2. The van der Waals surface area contributed by atoms with Crippen LogP contribution in [0.5, 0.6) is 0 Å².